The van der Waals surface area contributed by atoms with E-state index in [9.17, 15) is 13.2 Å². The van der Waals surface area contributed by atoms with E-state index >= 15 is 0 Å². The van der Waals surface area contributed by atoms with E-state index in [2.05, 4.69) is 4.72 Å². The fourth-order valence-electron chi connectivity index (χ4n) is 4.08. The maximum atomic E-state index is 13.3. The van der Waals surface area contributed by atoms with Crippen molar-refractivity contribution in [3.05, 3.63) is 42.0 Å². The first kappa shape index (κ1) is 22.8. The molecule has 1 aliphatic heterocycles. The van der Waals surface area contributed by atoms with Crippen LogP contribution in [0.4, 0.5) is 5.69 Å². The average molecular weight is 476 g/mol. The fourth-order valence-corrected chi connectivity index (χ4v) is 5.34. The zero-order valence-corrected chi connectivity index (χ0v) is 19.1. The minimum Gasteiger partial charge on any atom is -0.493 e. The molecule has 0 bridgehead atoms. The minimum absolute atomic E-state index is 0.000577. The largest absolute Gasteiger partial charge is 0.493 e. The Bertz CT molecular complexity index is 1200. The lowest BCUT2D eigenvalue weighted by Crippen LogP contribution is -2.40. The Labute approximate surface area is 192 Å². The summed E-state index contributed by atoms with van der Waals surface area (Å²) in [6.45, 7) is 0. The van der Waals surface area contributed by atoms with Gasteiger partial charge in [0.1, 0.15) is 4.90 Å². The monoisotopic (exact) mass is 475 g/mol. The summed E-state index contributed by atoms with van der Waals surface area (Å²) in [4.78, 5) is 10.7. The Morgan fingerprint density at radius 2 is 1.79 bits per heavy atom. The predicted octanol–water partition coefficient (Wildman–Crippen LogP) is 4.03. The number of ether oxygens (including phenoxy) is 4. The molecule has 10 heteroatoms. The Kier molecular flexibility index (Phi) is 6.11. The number of hydrogen-bond donors (Lipinski definition) is 2. The van der Waals surface area contributed by atoms with Gasteiger partial charge in [-0.05, 0) is 48.7 Å². The van der Waals surface area contributed by atoms with Crippen LogP contribution in [0.3, 0.4) is 0 Å². The van der Waals surface area contributed by atoms with Crippen LogP contribution in [0.5, 0.6) is 23.0 Å². The van der Waals surface area contributed by atoms with E-state index in [4.69, 9.17) is 24.1 Å². The summed E-state index contributed by atoms with van der Waals surface area (Å²) in [6, 6.07) is 7.67. The summed E-state index contributed by atoms with van der Waals surface area (Å²) in [7, 11) is -1.44. The molecule has 1 fully saturated rings. The maximum Gasteiger partial charge on any atom is 0.328 e. The maximum absolute atomic E-state index is 13.3. The fraction of sp³-hybridized carbons (Fsp3) is 0.348. The summed E-state index contributed by atoms with van der Waals surface area (Å²) < 4.78 is 51.8. The van der Waals surface area contributed by atoms with Crippen LogP contribution in [0, 0.1) is 0 Å². The van der Waals surface area contributed by atoms with Crippen molar-refractivity contribution in [1.82, 2.24) is 0 Å². The van der Waals surface area contributed by atoms with Crippen LogP contribution >= 0.6 is 0 Å². The topological polar surface area (TPSA) is 120 Å². The van der Waals surface area contributed by atoms with E-state index in [1.54, 1.807) is 18.2 Å². The van der Waals surface area contributed by atoms with Gasteiger partial charge in [-0.15, -0.1) is 0 Å². The number of anilines is 1. The Morgan fingerprint density at radius 1 is 1.06 bits per heavy atom. The third-order valence-corrected chi connectivity index (χ3v) is 6.96. The zero-order chi connectivity index (χ0) is 23.6. The van der Waals surface area contributed by atoms with E-state index in [0.29, 0.717) is 17.1 Å². The molecule has 0 saturated heterocycles. The van der Waals surface area contributed by atoms with Crippen LogP contribution < -0.4 is 23.7 Å². The van der Waals surface area contributed by atoms with Gasteiger partial charge in [-0.3, -0.25) is 4.72 Å². The normalized spacial score (nSPS) is 16.7. The predicted molar refractivity (Wildman–Crippen MR) is 121 cm³/mol. The molecule has 2 aromatic rings. The Morgan fingerprint density at radius 3 is 2.45 bits per heavy atom. The first-order chi connectivity index (χ1) is 15.7. The number of carboxylic acid groups (broad SMARTS) is 1. The number of rotatable bonds is 7. The molecule has 0 amide bonds. The highest BCUT2D eigenvalue weighted by Gasteiger charge is 2.42. The SMILES string of the molecule is COc1cc(C=CC(=O)O)cc(S(=O)(=O)Nc2ccc3c(c2)OC2(CCCCC2)O3)c1OC. The highest BCUT2D eigenvalue weighted by Crippen LogP contribution is 2.47. The number of carboxylic acids is 1. The van der Waals surface area contributed by atoms with Crippen LogP contribution in [0.15, 0.2) is 41.3 Å². The number of methoxy groups -OCH3 is 2. The molecule has 2 aliphatic rings. The standard InChI is InChI=1S/C23H25NO8S/c1-29-19-12-15(6-9-21(25)26)13-20(22(19)30-2)33(27,28)24-16-7-8-17-18(14-16)32-23(31-17)10-4-3-5-11-23/h6-9,12-14,24H,3-5,10-11H2,1-2H3,(H,25,26). The molecule has 1 heterocycles. The van der Waals surface area contributed by atoms with Gasteiger partial charge in [0.2, 0.25) is 0 Å². The number of sulfonamides is 1. The molecule has 0 radical (unpaired) electrons. The molecule has 0 atom stereocenters. The second-order valence-corrected chi connectivity index (χ2v) is 9.52. The quantitative estimate of drug-likeness (QED) is 0.576. The van der Waals surface area contributed by atoms with E-state index in [1.165, 1.54) is 32.4 Å². The Balaban J connectivity index is 1.65. The van der Waals surface area contributed by atoms with E-state index in [-0.39, 0.29) is 22.1 Å². The van der Waals surface area contributed by atoms with E-state index in [1.807, 2.05) is 0 Å². The zero-order valence-electron chi connectivity index (χ0n) is 18.3. The van der Waals surface area contributed by atoms with Gasteiger partial charge in [0.25, 0.3) is 15.8 Å². The minimum atomic E-state index is -4.13. The van der Waals surface area contributed by atoms with Crippen molar-refractivity contribution in [2.45, 2.75) is 42.8 Å². The third-order valence-electron chi connectivity index (χ3n) is 5.58. The Hall–Kier alpha value is -3.40. The molecule has 9 nitrogen and oxygen atoms in total. The molecular formula is C23H25NO8S. The van der Waals surface area contributed by atoms with E-state index in [0.717, 1.165) is 38.2 Å². The van der Waals surface area contributed by atoms with Crippen molar-refractivity contribution in [3.63, 3.8) is 0 Å². The number of carbonyl (C=O) groups is 1. The van der Waals surface area contributed by atoms with Crippen molar-refractivity contribution in [2.75, 3.05) is 18.9 Å². The second kappa shape index (κ2) is 8.86. The van der Waals surface area contributed by atoms with Gasteiger partial charge in [-0.25, -0.2) is 13.2 Å². The van der Waals surface area contributed by atoms with Gasteiger partial charge < -0.3 is 24.1 Å². The molecule has 2 N–H and O–H groups in total. The lowest BCUT2D eigenvalue weighted by Gasteiger charge is -2.31. The molecule has 1 spiro atoms. The van der Waals surface area contributed by atoms with Gasteiger partial charge in [-0.1, -0.05) is 6.42 Å². The lowest BCUT2D eigenvalue weighted by molar-refractivity contribution is -0.131. The van der Waals surface area contributed by atoms with Crippen molar-refractivity contribution in [1.29, 1.82) is 0 Å². The van der Waals surface area contributed by atoms with E-state index < -0.39 is 21.8 Å². The number of benzene rings is 2. The first-order valence-electron chi connectivity index (χ1n) is 10.5. The van der Waals surface area contributed by atoms with Crippen LogP contribution in [0.2, 0.25) is 0 Å². The number of nitrogens with one attached hydrogen (secondary N) is 1. The number of fused-ring (bicyclic) bond motifs is 1. The molecule has 2 aromatic carbocycles. The van der Waals surface area contributed by atoms with Gasteiger partial charge in [-0.2, -0.15) is 0 Å². The summed E-state index contributed by atoms with van der Waals surface area (Å²) in [5.41, 5.74) is 0.609. The van der Waals surface area contributed by atoms with Gasteiger partial charge in [0.05, 0.1) is 19.9 Å². The highest BCUT2D eigenvalue weighted by molar-refractivity contribution is 7.92. The van der Waals surface area contributed by atoms with Crippen LogP contribution in [-0.4, -0.2) is 39.5 Å². The van der Waals surface area contributed by atoms with Crippen molar-refractivity contribution in [3.8, 4) is 23.0 Å². The first-order valence-corrected chi connectivity index (χ1v) is 12.0. The molecule has 33 heavy (non-hydrogen) atoms. The van der Waals surface area contributed by atoms with Crippen molar-refractivity contribution >= 4 is 27.8 Å². The molecular weight excluding hydrogens is 450 g/mol. The number of aliphatic carboxylic acids is 1. The highest BCUT2D eigenvalue weighted by atomic mass is 32.2. The summed E-state index contributed by atoms with van der Waals surface area (Å²) >= 11 is 0. The molecule has 1 aliphatic carbocycles. The van der Waals surface area contributed by atoms with Gasteiger partial charge >= 0.3 is 5.97 Å². The summed E-state index contributed by atoms with van der Waals surface area (Å²) in [5.74, 6) is -0.614. The van der Waals surface area contributed by atoms with Gasteiger partial charge in [0.15, 0.2) is 23.0 Å². The smallest absolute Gasteiger partial charge is 0.328 e. The summed E-state index contributed by atoms with van der Waals surface area (Å²) in [5, 5.41) is 8.90. The van der Waals surface area contributed by atoms with Crippen LogP contribution in [-0.2, 0) is 14.8 Å². The van der Waals surface area contributed by atoms with Crippen molar-refractivity contribution in [2.24, 2.45) is 0 Å². The second-order valence-electron chi connectivity index (χ2n) is 7.87. The molecule has 0 unspecified atom stereocenters. The van der Waals surface area contributed by atoms with Crippen LogP contribution in [0.1, 0.15) is 37.7 Å². The average Bonchev–Trinajstić information content (AvgIpc) is 3.13. The molecule has 4 rings (SSSR count). The summed E-state index contributed by atoms with van der Waals surface area (Å²) in [6.07, 6.45) is 6.93. The molecule has 0 aromatic heterocycles. The molecule has 176 valence electrons. The number of hydrogen-bond acceptors (Lipinski definition) is 7. The van der Waals surface area contributed by atoms with Crippen LogP contribution in [0.25, 0.3) is 6.08 Å². The third kappa shape index (κ3) is 4.70. The molecule has 1 saturated carbocycles. The van der Waals surface area contributed by atoms with Crippen molar-refractivity contribution < 1.29 is 37.3 Å². The van der Waals surface area contributed by atoms with Gasteiger partial charge in [0, 0.05) is 25.0 Å². The lowest BCUT2D eigenvalue weighted by atomic mass is 9.94.